The van der Waals surface area contributed by atoms with Gasteiger partial charge in [0, 0.05) is 37.6 Å². The van der Waals surface area contributed by atoms with Gasteiger partial charge in [-0.05, 0) is 69.7 Å². The molecule has 2 aromatic rings. The predicted octanol–water partition coefficient (Wildman–Crippen LogP) is 4.70. The molecular formula is C24H32N4O4. The van der Waals surface area contributed by atoms with Gasteiger partial charge in [-0.25, -0.2) is 9.59 Å². The highest BCUT2D eigenvalue weighted by Gasteiger charge is 2.25. The van der Waals surface area contributed by atoms with Gasteiger partial charge in [-0.3, -0.25) is 0 Å². The fourth-order valence-electron chi connectivity index (χ4n) is 3.42. The van der Waals surface area contributed by atoms with Crippen LogP contribution in [0.4, 0.5) is 26.7 Å². The molecule has 32 heavy (non-hydrogen) atoms. The molecule has 0 aliphatic carbocycles. The van der Waals surface area contributed by atoms with Crippen LogP contribution in [-0.4, -0.2) is 55.9 Å². The smallest absolute Gasteiger partial charge is 0.410 e. The Kier molecular flexibility index (Phi) is 7.12. The minimum absolute atomic E-state index is 0.270. The van der Waals surface area contributed by atoms with E-state index in [1.54, 1.807) is 12.0 Å². The molecule has 0 spiro atoms. The van der Waals surface area contributed by atoms with E-state index in [1.165, 1.54) is 0 Å². The van der Waals surface area contributed by atoms with Crippen LogP contribution in [0.15, 0.2) is 42.5 Å². The van der Waals surface area contributed by atoms with Gasteiger partial charge >= 0.3 is 12.1 Å². The first-order chi connectivity index (χ1) is 15.1. The number of nitrogens with one attached hydrogen (secondary N) is 2. The monoisotopic (exact) mass is 440 g/mol. The third kappa shape index (κ3) is 6.29. The first-order valence-corrected chi connectivity index (χ1v) is 10.7. The number of aryl methyl sites for hydroxylation is 1. The summed E-state index contributed by atoms with van der Waals surface area (Å²) in [7, 11) is 1.57. The second kappa shape index (κ2) is 9.80. The Morgan fingerprint density at radius 1 is 0.938 bits per heavy atom. The largest absolute Gasteiger partial charge is 0.495 e. The van der Waals surface area contributed by atoms with Gasteiger partial charge in [0.1, 0.15) is 11.4 Å². The number of piperazine rings is 1. The van der Waals surface area contributed by atoms with Crippen LogP contribution in [-0.2, 0) is 4.74 Å². The van der Waals surface area contributed by atoms with E-state index in [0.29, 0.717) is 30.2 Å². The second-order valence-electron chi connectivity index (χ2n) is 8.78. The van der Waals surface area contributed by atoms with Crippen molar-refractivity contribution < 1.29 is 19.1 Å². The summed E-state index contributed by atoms with van der Waals surface area (Å²) >= 11 is 0. The van der Waals surface area contributed by atoms with Crippen molar-refractivity contribution in [2.24, 2.45) is 0 Å². The molecule has 8 heteroatoms. The molecule has 0 radical (unpaired) electrons. The SMILES string of the molecule is COc1cc(C)ccc1NC(=O)Nc1ccc(N2CCN(C(=O)OC(C)(C)C)CC2)cc1. The summed E-state index contributed by atoms with van der Waals surface area (Å²) in [6, 6.07) is 12.9. The average Bonchev–Trinajstić information content (AvgIpc) is 2.74. The van der Waals surface area contributed by atoms with Gasteiger partial charge in [0.15, 0.2) is 0 Å². The predicted molar refractivity (Wildman–Crippen MR) is 127 cm³/mol. The Morgan fingerprint density at radius 2 is 1.59 bits per heavy atom. The number of rotatable bonds is 4. The summed E-state index contributed by atoms with van der Waals surface area (Å²) < 4.78 is 10.8. The number of amides is 3. The number of carbonyl (C=O) groups excluding carboxylic acids is 2. The molecule has 1 aliphatic heterocycles. The number of benzene rings is 2. The highest BCUT2D eigenvalue weighted by molar-refractivity contribution is 6.00. The number of carbonyl (C=O) groups is 2. The van der Waals surface area contributed by atoms with E-state index < -0.39 is 5.60 Å². The Hall–Kier alpha value is -3.42. The summed E-state index contributed by atoms with van der Waals surface area (Å²) in [4.78, 5) is 28.6. The molecular weight excluding hydrogens is 408 g/mol. The maximum absolute atomic E-state index is 12.4. The number of hydrogen-bond donors (Lipinski definition) is 2. The topological polar surface area (TPSA) is 83.1 Å². The molecule has 2 aromatic carbocycles. The first-order valence-electron chi connectivity index (χ1n) is 10.7. The minimum atomic E-state index is -0.492. The first kappa shape index (κ1) is 23.2. The number of urea groups is 1. The molecule has 1 aliphatic rings. The van der Waals surface area contributed by atoms with E-state index in [9.17, 15) is 9.59 Å². The van der Waals surface area contributed by atoms with E-state index in [-0.39, 0.29) is 12.1 Å². The standard InChI is InChI=1S/C24H32N4O4/c1-17-6-11-20(21(16-17)31-5)26-22(29)25-18-7-9-19(10-8-18)27-12-14-28(15-13-27)23(30)32-24(2,3)4/h6-11,16H,12-15H2,1-5H3,(H2,25,26,29). The number of anilines is 3. The third-order valence-corrected chi connectivity index (χ3v) is 5.03. The zero-order chi connectivity index (χ0) is 23.3. The zero-order valence-corrected chi connectivity index (χ0v) is 19.4. The van der Waals surface area contributed by atoms with Crippen molar-refractivity contribution in [1.29, 1.82) is 0 Å². The Morgan fingerprint density at radius 3 is 2.19 bits per heavy atom. The fourth-order valence-corrected chi connectivity index (χ4v) is 3.42. The van der Waals surface area contributed by atoms with Crippen LogP contribution >= 0.6 is 0 Å². The maximum Gasteiger partial charge on any atom is 0.410 e. The average molecular weight is 441 g/mol. The highest BCUT2D eigenvalue weighted by atomic mass is 16.6. The number of methoxy groups -OCH3 is 1. The van der Waals surface area contributed by atoms with E-state index in [0.717, 1.165) is 24.3 Å². The Bertz CT molecular complexity index is 945. The van der Waals surface area contributed by atoms with Gasteiger partial charge in [-0.15, -0.1) is 0 Å². The molecule has 3 amide bonds. The third-order valence-electron chi connectivity index (χ3n) is 5.03. The molecule has 8 nitrogen and oxygen atoms in total. The van der Waals surface area contributed by atoms with E-state index in [2.05, 4.69) is 15.5 Å². The van der Waals surface area contributed by atoms with Gasteiger partial charge in [0.2, 0.25) is 0 Å². The number of hydrogen-bond acceptors (Lipinski definition) is 5. The maximum atomic E-state index is 12.4. The van der Waals surface area contributed by atoms with Gasteiger partial charge < -0.3 is 29.9 Å². The van der Waals surface area contributed by atoms with Crippen LogP contribution in [0.2, 0.25) is 0 Å². The fraction of sp³-hybridized carbons (Fsp3) is 0.417. The van der Waals surface area contributed by atoms with E-state index in [4.69, 9.17) is 9.47 Å². The van der Waals surface area contributed by atoms with Gasteiger partial charge in [0.25, 0.3) is 0 Å². The van der Waals surface area contributed by atoms with Crippen molar-refractivity contribution >= 4 is 29.2 Å². The summed E-state index contributed by atoms with van der Waals surface area (Å²) in [6.45, 7) is 10.2. The lowest BCUT2D eigenvalue weighted by molar-refractivity contribution is 0.0240. The molecule has 1 fully saturated rings. The van der Waals surface area contributed by atoms with Crippen LogP contribution in [0.3, 0.4) is 0 Å². The van der Waals surface area contributed by atoms with Crippen LogP contribution < -0.4 is 20.3 Å². The lowest BCUT2D eigenvalue weighted by Gasteiger charge is -2.36. The molecule has 2 N–H and O–H groups in total. The second-order valence-corrected chi connectivity index (χ2v) is 8.78. The van der Waals surface area contributed by atoms with Crippen LogP contribution in [0, 0.1) is 6.92 Å². The van der Waals surface area contributed by atoms with Crippen molar-refractivity contribution in [3.05, 3.63) is 48.0 Å². The number of ether oxygens (including phenoxy) is 2. The summed E-state index contributed by atoms with van der Waals surface area (Å²) in [5, 5.41) is 5.65. The summed E-state index contributed by atoms with van der Waals surface area (Å²) in [5.74, 6) is 0.612. The molecule has 1 heterocycles. The van der Waals surface area contributed by atoms with Crippen molar-refractivity contribution in [2.75, 3.05) is 48.8 Å². The quantitative estimate of drug-likeness (QED) is 0.720. The highest BCUT2D eigenvalue weighted by Crippen LogP contribution is 2.26. The van der Waals surface area contributed by atoms with Gasteiger partial charge in [-0.1, -0.05) is 6.07 Å². The molecule has 0 saturated carbocycles. The van der Waals surface area contributed by atoms with Crippen LogP contribution in [0.25, 0.3) is 0 Å². The van der Waals surface area contributed by atoms with Crippen LogP contribution in [0.5, 0.6) is 5.75 Å². The molecule has 0 atom stereocenters. The van der Waals surface area contributed by atoms with E-state index >= 15 is 0 Å². The normalized spacial score (nSPS) is 14.0. The molecule has 0 aromatic heterocycles. The van der Waals surface area contributed by atoms with Crippen LogP contribution in [0.1, 0.15) is 26.3 Å². The molecule has 172 valence electrons. The van der Waals surface area contributed by atoms with Gasteiger partial charge in [-0.2, -0.15) is 0 Å². The lowest BCUT2D eigenvalue weighted by atomic mass is 10.2. The molecule has 0 bridgehead atoms. The minimum Gasteiger partial charge on any atom is -0.495 e. The molecule has 1 saturated heterocycles. The Labute approximate surface area is 189 Å². The summed E-state index contributed by atoms with van der Waals surface area (Å²) in [6.07, 6.45) is -0.270. The number of nitrogens with zero attached hydrogens (tertiary/aromatic N) is 2. The van der Waals surface area contributed by atoms with Gasteiger partial charge in [0.05, 0.1) is 12.8 Å². The van der Waals surface area contributed by atoms with Crippen molar-refractivity contribution in [1.82, 2.24) is 4.90 Å². The molecule has 0 unspecified atom stereocenters. The van der Waals surface area contributed by atoms with E-state index in [1.807, 2.05) is 70.2 Å². The van der Waals surface area contributed by atoms with Crippen molar-refractivity contribution in [3.8, 4) is 5.75 Å². The Balaban J connectivity index is 1.52. The van der Waals surface area contributed by atoms with Crippen molar-refractivity contribution in [2.45, 2.75) is 33.3 Å². The van der Waals surface area contributed by atoms with Crippen molar-refractivity contribution in [3.63, 3.8) is 0 Å². The molecule has 3 rings (SSSR count). The lowest BCUT2D eigenvalue weighted by Crippen LogP contribution is -2.50. The zero-order valence-electron chi connectivity index (χ0n) is 19.4. The summed E-state index contributed by atoms with van der Waals surface area (Å²) in [5.41, 5.74) is 2.89.